The standard InChI is InChI=1S/C23H24Cl2N2O5S/c1-23(2,3)32-22(28)27-8-6-19(7-9-27)33(29,30)21-10-15(14-26)4-5-20(21)31-18-12-16(24)11-17(25)13-18/h4-5,10-13,19H,6-9H2,1-3H3. The molecule has 1 aliphatic heterocycles. The van der Waals surface area contributed by atoms with Gasteiger partial charge in [-0.1, -0.05) is 23.2 Å². The summed E-state index contributed by atoms with van der Waals surface area (Å²) < 4.78 is 38.3. The summed E-state index contributed by atoms with van der Waals surface area (Å²) in [5.74, 6) is 0.343. The van der Waals surface area contributed by atoms with Crippen LogP contribution in [-0.2, 0) is 14.6 Å². The molecule has 0 spiro atoms. The van der Waals surface area contributed by atoms with Crippen molar-refractivity contribution in [2.24, 2.45) is 0 Å². The zero-order valence-electron chi connectivity index (χ0n) is 18.5. The summed E-state index contributed by atoms with van der Waals surface area (Å²) >= 11 is 12.1. The molecule has 33 heavy (non-hydrogen) atoms. The van der Waals surface area contributed by atoms with Gasteiger partial charge >= 0.3 is 6.09 Å². The molecular weight excluding hydrogens is 487 g/mol. The summed E-state index contributed by atoms with van der Waals surface area (Å²) in [7, 11) is -3.87. The molecule has 0 radical (unpaired) electrons. The van der Waals surface area contributed by atoms with Gasteiger partial charge in [0.05, 0.1) is 16.9 Å². The smallest absolute Gasteiger partial charge is 0.410 e. The summed E-state index contributed by atoms with van der Waals surface area (Å²) in [6.07, 6.45) is 0.00776. The molecule has 10 heteroatoms. The lowest BCUT2D eigenvalue weighted by atomic mass is 10.1. The normalized spacial score (nSPS) is 15.1. The molecule has 1 fully saturated rings. The fraction of sp³-hybridized carbons (Fsp3) is 0.391. The Labute approximate surface area is 203 Å². The van der Waals surface area contributed by atoms with Gasteiger partial charge in [-0.05, 0) is 70.0 Å². The number of benzene rings is 2. The van der Waals surface area contributed by atoms with Crippen LogP contribution in [0.15, 0.2) is 41.3 Å². The second-order valence-corrected chi connectivity index (χ2v) is 11.8. The lowest BCUT2D eigenvalue weighted by Gasteiger charge is -2.33. The minimum absolute atomic E-state index is 0.0712. The van der Waals surface area contributed by atoms with Crippen molar-refractivity contribution in [2.75, 3.05) is 13.1 Å². The molecule has 0 unspecified atom stereocenters. The van der Waals surface area contributed by atoms with Gasteiger partial charge in [0, 0.05) is 23.1 Å². The predicted octanol–water partition coefficient (Wildman–Crippen LogP) is 5.83. The molecule has 7 nitrogen and oxygen atoms in total. The quantitative estimate of drug-likeness (QED) is 0.513. The minimum Gasteiger partial charge on any atom is -0.456 e. The zero-order chi connectivity index (χ0) is 24.4. The van der Waals surface area contributed by atoms with Crippen LogP contribution in [0, 0.1) is 11.3 Å². The lowest BCUT2D eigenvalue weighted by Crippen LogP contribution is -2.44. The van der Waals surface area contributed by atoms with Crippen LogP contribution >= 0.6 is 23.2 Å². The van der Waals surface area contributed by atoms with E-state index in [2.05, 4.69) is 0 Å². The van der Waals surface area contributed by atoms with Gasteiger partial charge in [0.25, 0.3) is 0 Å². The molecule has 0 saturated carbocycles. The second-order valence-electron chi connectivity index (χ2n) is 8.69. The molecule has 1 heterocycles. The number of likely N-dealkylation sites (tertiary alicyclic amines) is 1. The number of hydrogen-bond acceptors (Lipinski definition) is 6. The first-order valence-electron chi connectivity index (χ1n) is 10.3. The van der Waals surface area contributed by atoms with Crippen molar-refractivity contribution in [3.05, 3.63) is 52.0 Å². The van der Waals surface area contributed by atoms with Crippen molar-refractivity contribution < 1.29 is 22.7 Å². The Morgan fingerprint density at radius 2 is 1.70 bits per heavy atom. The van der Waals surface area contributed by atoms with E-state index in [0.717, 1.165) is 0 Å². The van der Waals surface area contributed by atoms with Gasteiger partial charge in [0.1, 0.15) is 22.0 Å². The Balaban J connectivity index is 1.85. The van der Waals surface area contributed by atoms with E-state index < -0.39 is 26.8 Å². The topological polar surface area (TPSA) is 96.7 Å². The first-order valence-corrected chi connectivity index (χ1v) is 12.6. The molecule has 0 bridgehead atoms. The highest BCUT2D eigenvalue weighted by molar-refractivity contribution is 7.92. The fourth-order valence-electron chi connectivity index (χ4n) is 3.45. The Morgan fingerprint density at radius 3 is 2.24 bits per heavy atom. The zero-order valence-corrected chi connectivity index (χ0v) is 20.8. The Bertz CT molecular complexity index is 1170. The highest BCUT2D eigenvalue weighted by Gasteiger charge is 2.36. The van der Waals surface area contributed by atoms with Crippen LogP contribution in [0.25, 0.3) is 0 Å². The third-order valence-corrected chi connectivity index (χ3v) is 7.69. The van der Waals surface area contributed by atoms with Gasteiger partial charge in [-0.2, -0.15) is 5.26 Å². The molecule has 1 aliphatic rings. The van der Waals surface area contributed by atoms with Crippen molar-refractivity contribution in [3.63, 3.8) is 0 Å². The number of sulfone groups is 1. The summed E-state index contributed by atoms with van der Waals surface area (Å²) in [4.78, 5) is 13.7. The van der Waals surface area contributed by atoms with Gasteiger partial charge in [-0.3, -0.25) is 0 Å². The molecular formula is C23H24Cl2N2O5S. The average Bonchev–Trinajstić information content (AvgIpc) is 2.72. The molecule has 0 aliphatic carbocycles. The largest absolute Gasteiger partial charge is 0.456 e. The number of amides is 1. The van der Waals surface area contributed by atoms with Crippen LogP contribution in [0.1, 0.15) is 39.2 Å². The molecule has 2 aromatic carbocycles. The molecule has 0 N–H and O–H groups in total. The molecule has 3 rings (SSSR count). The predicted molar refractivity (Wildman–Crippen MR) is 126 cm³/mol. The molecule has 2 aromatic rings. The Kier molecular flexibility index (Phi) is 7.47. The van der Waals surface area contributed by atoms with Crippen molar-refractivity contribution in [3.8, 4) is 17.6 Å². The average molecular weight is 511 g/mol. The fourth-order valence-corrected chi connectivity index (χ4v) is 5.83. The lowest BCUT2D eigenvalue weighted by molar-refractivity contribution is 0.0217. The number of piperidine rings is 1. The van der Waals surface area contributed by atoms with E-state index in [4.69, 9.17) is 32.7 Å². The minimum atomic E-state index is -3.87. The van der Waals surface area contributed by atoms with Crippen LogP contribution < -0.4 is 4.74 Å². The SMILES string of the molecule is CC(C)(C)OC(=O)N1CCC(S(=O)(=O)c2cc(C#N)ccc2Oc2cc(Cl)cc(Cl)c2)CC1. The number of nitrogens with zero attached hydrogens (tertiary/aromatic N) is 2. The highest BCUT2D eigenvalue weighted by atomic mass is 35.5. The van der Waals surface area contributed by atoms with Gasteiger partial charge in [0.15, 0.2) is 9.84 Å². The number of carbonyl (C=O) groups excluding carboxylic acids is 1. The van der Waals surface area contributed by atoms with Crippen molar-refractivity contribution in [2.45, 2.75) is 49.4 Å². The van der Waals surface area contributed by atoms with Crippen LogP contribution in [0.5, 0.6) is 11.5 Å². The van der Waals surface area contributed by atoms with Gasteiger partial charge < -0.3 is 14.4 Å². The van der Waals surface area contributed by atoms with Crippen molar-refractivity contribution in [1.29, 1.82) is 5.26 Å². The molecule has 0 atom stereocenters. The van der Waals surface area contributed by atoms with Crippen molar-refractivity contribution >= 4 is 39.1 Å². The maximum absolute atomic E-state index is 13.5. The van der Waals surface area contributed by atoms with E-state index >= 15 is 0 Å². The number of carbonyl (C=O) groups is 1. The van der Waals surface area contributed by atoms with Crippen LogP contribution in [0.3, 0.4) is 0 Å². The van der Waals surface area contributed by atoms with E-state index in [0.29, 0.717) is 10.0 Å². The maximum atomic E-state index is 13.5. The highest BCUT2D eigenvalue weighted by Crippen LogP contribution is 2.36. The summed E-state index contributed by atoms with van der Waals surface area (Å²) in [6, 6.07) is 10.7. The first-order chi connectivity index (χ1) is 15.4. The van der Waals surface area contributed by atoms with E-state index in [1.165, 1.54) is 41.3 Å². The van der Waals surface area contributed by atoms with E-state index in [9.17, 15) is 18.5 Å². The molecule has 0 aromatic heterocycles. The van der Waals surface area contributed by atoms with Gasteiger partial charge in [-0.25, -0.2) is 13.2 Å². The summed E-state index contributed by atoms with van der Waals surface area (Å²) in [6.45, 7) is 5.82. The van der Waals surface area contributed by atoms with Crippen molar-refractivity contribution in [1.82, 2.24) is 4.90 Å². The number of halogens is 2. The Morgan fingerprint density at radius 1 is 1.09 bits per heavy atom. The van der Waals surface area contributed by atoms with Gasteiger partial charge in [-0.15, -0.1) is 0 Å². The number of hydrogen-bond donors (Lipinski definition) is 0. The van der Waals surface area contributed by atoms with Crippen LogP contribution in [-0.4, -0.2) is 43.4 Å². The third-order valence-electron chi connectivity index (χ3n) is 4.98. The van der Waals surface area contributed by atoms with E-state index in [1.54, 1.807) is 20.8 Å². The Hall–Kier alpha value is -2.47. The number of nitriles is 1. The molecule has 176 valence electrons. The van der Waals surface area contributed by atoms with Crippen LogP contribution in [0.2, 0.25) is 10.0 Å². The maximum Gasteiger partial charge on any atom is 0.410 e. The number of rotatable bonds is 4. The summed E-state index contributed by atoms with van der Waals surface area (Å²) in [5.41, 5.74) is -0.441. The van der Waals surface area contributed by atoms with Gasteiger partial charge in [0.2, 0.25) is 0 Å². The van der Waals surface area contributed by atoms with Crippen LogP contribution in [0.4, 0.5) is 4.79 Å². The first kappa shape index (κ1) is 25.2. The van der Waals surface area contributed by atoms with E-state index in [-0.39, 0.29) is 47.9 Å². The number of ether oxygens (including phenoxy) is 2. The van der Waals surface area contributed by atoms with E-state index in [1.807, 2.05) is 6.07 Å². The monoisotopic (exact) mass is 510 g/mol. The molecule has 1 saturated heterocycles. The molecule has 1 amide bonds. The third kappa shape index (κ3) is 6.32. The summed E-state index contributed by atoms with van der Waals surface area (Å²) in [5, 5.41) is 9.24. The second kappa shape index (κ2) is 9.80.